The number of thiophene rings is 1. The fraction of sp³-hybridized carbons (Fsp3) is 0.273. The largest absolute Gasteiger partial charge is 0.328 e. The van der Waals surface area contributed by atoms with Gasteiger partial charge in [-0.15, -0.1) is 11.3 Å². The summed E-state index contributed by atoms with van der Waals surface area (Å²) in [5, 5.41) is 2.87. The Balaban J connectivity index is 2.06. The Morgan fingerprint density at radius 2 is 2.31 bits per heavy atom. The highest BCUT2D eigenvalue weighted by Crippen LogP contribution is 2.23. The summed E-state index contributed by atoms with van der Waals surface area (Å²) < 4.78 is 0. The molecule has 0 atom stereocenters. The molecule has 16 heavy (non-hydrogen) atoms. The molecular weight excluding hydrogens is 224 g/mol. The molecule has 2 amide bonds. The average molecular weight is 236 g/mol. The SMILES string of the molecule is C=CC(=O)N1CCN(c2cccs2)C(=O)C1. The smallest absolute Gasteiger partial charge is 0.247 e. The number of anilines is 1. The van der Waals surface area contributed by atoms with Crippen LogP contribution in [0.25, 0.3) is 0 Å². The summed E-state index contributed by atoms with van der Waals surface area (Å²) in [6.07, 6.45) is 1.24. The maximum absolute atomic E-state index is 11.8. The monoisotopic (exact) mass is 236 g/mol. The Morgan fingerprint density at radius 3 is 2.88 bits per heavy atom. The first kappa shape index (κ1) is 10.9. The second-order valence-corrected chi connectivity index (χ2v) is 4.39. The van der Waals surface area contributed by atoms with Gasteiger partial charge in [0.15, 0.2) is 0 Å². The molecule has 2 rings (SSSR count). The third-order valence-electron chi connectivity index (χ3n) is 2.48. The summed E-state index contributed by atoms with van der Waals surface area (Å²) in [7, 11) is 0. The highest BCUT2D eigenvalue weighted by molar-refractivity contribution is 7.14. The molecule has 84 valence electrons. The Bertz CT molecular complexity index is 414. The molecule has 0 spiro atoms. The first-order valence-corrected chi connectivity index (χ1v) is 5.85. The van der Waals surface area contributed by atoms with Gasteiger partial charge in [0.2, 0.25) is 11.8 Å². The van der Waals surface area contributed by atoms with E-state index in [0.717, 1.165) is 5.00 Å². The molecule has 4 nitrogen and oxygen atoms in total. The van der Waals surface area contributed by atoms with Gasteiger partial charge in [-0.05, 0) is 23.6 Å². The number of amides is 2. The number of nitrogens with zero attached hydrogens (tertiary/aromatic N) is 2. The van der Waals surface area contributed by atoms with E-state index in [0.29, 0.717) is 13.1 Å². The predicted octanol–water partition coefficient (Wildman–Crippen LogP) is 1.11. The van der Waals surface area contributed by atoms with E-state index >= 15 is 0 Å². The van der Waals surface area contributed by atoms with Crippen molar-refractivity contribution in [3.05, 3.63) is 30.2 Å². The van der Waals surface area contributed by atoms with E-state index in [-0.39, 0.29) is 18.4 Å². The van der Waals surface area contributed by atoms with E-state index < -0.39 is 0 Å². The van der Waals surface area contributed by atoms with Crippen molar-refractivity contribution in [1.29, 1.82) is 0 Å². The van der Waals surface area contributed by atoms with Crippen LogP contribution in [0, 0.1) is 0 Å². The normalized spacial score (nSPS) is 16.4. The molecule has 1 aromatic heterocycles. The Labute approximate surface area is 97.8 Å². The molecule has 1 fully saturated rings. The van der Waals surface area contributed by atoms with Crippen LogP contribution in [0.2, 0.25) is 0 Å². The van der Waals surface area contributed by atoms with Gasteiger partial charge in [-0.2, -0.15) is 0 Å². The van der Waals surface area contributed by atoms with Gasteiger partial charge in [-0.3, -0.25) is 9.59 Å². The van der Waals surface area contributed by atoms with E-state index in [1.807, 2.05) is 17.5 Å². The maximum atomic E-state index is 11.8. The van der Waals surface area contributed by atoms with Gasteiger partial charge in [-0.1, -0.05) is 6.58 Å². The molecule has 0 aliphatic carbocycles. The molecule has 0 N–H and O–H groups in total. The average Bonchev–Trinajstić information content (AvgIpc) is 2.81. The number of hydrogen-bond acceptors (Lipinski definition) is 3. The quantitative estimate of drug-likeness (QED) is 0.722. The van der Waals surface area contributed by atoms with Crippen molar-refractivity contribution in [2.24, 2.45) is 0 Å². The highest BCUT2D eigenvalue weighted by atomic mass is 32.1. The maximum Gasteiger partial charge on any atom is 0.247 e. The molecule has 0 unspecified atom stereocenters. The zero-order valence-corrected chi connectivity index (χ0v) is 9.57. The van der Waals surface area contributed by atoms with Crippen molar-refractivity contribution in [3.8, 4) is 0 Å². The van der Waals surface area contributed by atoms with Crippen LogP contribution in [-0.2, 0) is 9.59 Å². The first-order chi connectivity index (χ1) is 7.72. The number of carbonyl (C=O) groups excluding carboxylic acids is 2. The molecule has 1 saturated heterocycles. The molecule has 5 heteroatoms. The lowest BCUT2D eigenvalue weighted by atomic mass is 10.3. The topological polar surface area (TPSA) is 40.6 Å². The van der Waals surface area contributed by atoms with Gasteiger partial charge >= 0.3 is 0 Å². The number of hydrogen-bond donors (Lipinski definition) is 0. The zero-order valence-electron chi connectivity index (χ0n) is 8.76. The van der Waals surface area contributed by atoms with Gasteiger partial charge < -0.3 is 9.80 Å². The lowest BCUT2D eigenvalue weighted by molar-refractivity contribution is -0.133. The van der Waals surface area contributed by atoms with Crippen molar-refractivity contribution < 1.29 is 9.59 Å². The Morgan fingerprint density at radius 1 is 1.50 bits per heavy atom. The summed E-state index contributed by atoms with van der Waals surface area (Å²) >= 11 is 1.53. The lowest BCUT2D eigenvalue weighted by Crippen LogP contribution is -2.51. The summed E-state index contributed by atoms with van der Waals surface area (Å²) in [6, 6.07) is 3.82. The fourth-order valence-electron chi connectivity index (χ4n) is 1.65. The fourth-order valence-corrected chi connectivity index (χ4v) is 2.42. The number of piperazine rings is 1. The van der Waals surface area contributed by atoms with Crippen LogP contribution < -0.4 is 4.90 Å². The minimum absolute atomic E-state index is 0.0381. The zero-order chi connectivity index (χ0) is 11.5. The second-order valence-electron chi connectivity index (χ2n) is 3.46. The molecular formula is C11H12N2O2S. The van der Waals surface area contributed by atoms with Gasteiger partial charge in [0.1, 0.15) is 6.54 Å². The summed E-state index contributed by atoms with van der Waals surface area (Å²) in [4.78, 5) is 26.4. The predicted molar refractivity (Wildman–Crippen MR) is 63.4 cm³/mol. The van der Waals surface area contributed by atoms with E-state index in [1.54, 1.807) is 4.90 Å². The van der Waals surface area contributed by atoms with Crippen LogP contribution in [-0.4, -0.2) is 36.3 Å². The van der Waals surface area contributed by atoms with Crippen molar-refractivity contribution in [2.75, 3.05) is 24.5 Å². The van der Waals surface area contributed by atoms with Crippen molar-refractivity contribution in [2.45, 2.75) is 0 Å². The van der Waals surface area contributed by atoms with E-state index in [2.05, 4.69) is 6.58 Å². The Kier molecular flexibility index (Phi) is 3.05. The lowest BCUT2D eigenvalue weighted by Gasteiger charge is -2.32. The molecule has 0 radical (unpaired) electrons. The van der Waals surface area contributed by atoms with Gasteiger partial charge in [0.05, 0.1) is 5.00 Å². The van der Waals surface area contributed by atoms with Crippen LogP contribution in [0.1, 0.15) is 0 Å². The third kappa shape index (κ3) is 1.99. The van der Waals surface area contributed by atoms with Crippen molar-refractivity contribution in [1.82, 2.24) is 4.90 Å². The van der Waals surface area contributed by atoms with E-state index in [4.69, 9.17) is 0 Å². The van der Waals surface area contributed by atoms with E-state index in [9.17, 15) is 9.59 Å². The third-order valence-corrected chi connectivity index (χ3v) is 3.37. The van der Waals surface area contributed by atoms with Gasteiger partial charge in [0.25, 0.3) is 0 Å². The summed E-state index contributed by atoms with van der Waals surface area (Å²) in [6.45, 7) is 4.68. The summed E-state index contributed by atoms with van der Waals surface area (Å²) in [5.74, 6) is -0.219. The highest BCUT2D eigenvalue weighted by Gasteiger charge is 2.27. The van der Waals surface area contributed by atoms with Crippen LogP contribution >= 0.6 is 11.3 Å². The van der Waals surface area contributed by atoms with Crippen LogP contribution in [0.5, 0.6) is 0 Å². The first-order valence-electron chi connectivity index (χ1n) is 4.97. The molecule has 2 heterocycles. The molecule has 0 saturated carbocycles. The van der Waals surface area contributed by atoms with Crippen LogP contribution in [0.15, 0.2) is 30.2 Å². The molecule has 0 aromatic carbocycles. The summed E-state index contributed by atoms with van der Waals surface area (Å²) in [5.41, 5.74) is 0. The van der Waals surface area contributed by atoms with Crippen LogP contribution in [0.4, 0.5) is 5.00 Å². The molecule has 1 aliphatic heterocycles. The Hall–Kier alpha value is -1.62. The molecule has 1 aliphatic rings. The van der Waals surface area contributed by atoms with E-state index in [1.165, 1.54) is 22.3 Å². The van der Waals surface area contributed by atoms with Crippen LogP contribution in [0.3, 0.4) is 0 Å². The molecule has 0 bridgehead atoms. The number of carbonyl (C=O) groups is 2. The minimum atomic E-state index is -0.181. The van der Waals surface area contributed by atoms with Crippen molar-refractivity contribution in [3.63, 3.8) is 0 Å². The van der Waals surface area contributed by atoms with Crippen molar-refractivity contribution >= 4 is 28.2 Å². The molecule has 1 aromatic rings. The second kappa shape index (κ2) is 4.49. The minimum Gasteiger partial charge on any atom is -0.328 e. The van der Waals surface area contributed by atoms with Gasteiger partial charge in [0, 0.05) is 13.1 Å². The number of rotatable bonds is 2. The van der Waals surface area contributed by atoms with Gasteiger partial charge in [-0.25, -0.2) is 0 Å². The standard InChI is InChI=1S/C11H12N2O2S/c1-2-9(14)12-5-6-13(10(15)8-12)11-4-3-7-16-11/h2-4,7H,1,5-6,8H2.